The summed E-state index contributed by atoms with van der Waals surface area (Å²) in [4.78, 5) is 26.9. The fourth-order valence-corrected chi connectivity index (χ4v) is 3.92. The molecule has 0 radical (unpaired) electrons. The van der Waals surface area contributed by atoms with Crippen LogP contribution in [0, 0.1) is 15.9 Å². The Kier molecular flexibility index (Phi) is 6.22. The van der Waals surface area contributed by atoms with Crippen LogP contribution in [0.25, 0.3) is 11.3 Å². The molecule has 0 fully saturated rings. The number of nitro groups is 1. The van der Waals surface area contributed by atoms with E-state index in [1.54, 1.807) is 12.1 Å². The number of amides is 1. The number of aromatic nitrogens is 1. The Morgan fingerprint density at radius 1 is 1.32 bits per heavy atom. The smallest absolute Gasteiger partial charge is 0.273 e. The summed E-state index contributed by atoms with van der Waals surface area (Å²) in [5.41, 5.74) is 1.74. The largest absolute Gasteiger partial charge is 0.494 e. The van der Waals surface area contributed by atoms with Gasteiger partial charge in [-0.05, 0) is 30.3 Å². The first-order valence-corrected chi connectivity index (χ1v) is 9.79. The van der Waals surface area contributed by atoms with Crippen LogP contribution in [-0.4, -0.2) is 28.7 Å². The van der Waals surface area contributed by atoms with E-state index in [9.17, 15) is 19.3 Å². The second kappa shape index (κ2) is 8.81. The molecule has 0 saturated heterocycles. The number of nitrogens with one attached hydrogen (secondary N) is 1. The van der Waals surface area contributed by atoms with Crippen LogP contribution in [-0.2, 0) is 4.79 Å². The molecule has 0 aliphatic carbocycles. The maximum absolute atomic E-state index is 13.0. The number of anilines is 1. The molecular formula is C18H14FN3O4S2. The number of hydrogen-bond acceptors (Lipinski definition) is 7. The summed E-state index contributed by atoms with van der Waals surface area (Å²) in [5.74, 6) is -0.292. The number of non-ortho nitro benzene ring substituents is 1. The van der Waals surface area contributed by atoms with Crippen molar-refractivity contribution in [2.24, 2.45) is 0 Å². The second-order valence-electron chi connectivity index (χ2n) is 5.48. The minimum Gasteiger partial charge on any atom is -0.494 e. The van der Waals surface area contributed by atoms with E-state index in [1.165, 1.54) is 60.5 Å². The van der Waals surface area contributed by atoms with Gasteiger partial charge in [-0.15, -0.1) is 11.3 Å². The second-order valence-corrected chi connectivity index (χ2v) is 7.56. The number of methoxy groups -OCH3 is 1. The fraction of sp³-hybridized carbons (Fsp3) is 0.111. The van der Waals surface area contributed by atoms with Crippen LogP contribution in [0.3, 0.4) is 0 Å². The van der Waals surface area contributed by atoms with Crippen LogP contribution >= 0.6 is 23.1 Å². The number of benzene rings is 2. The van der Waals surface area contributed by atoms with Gasteiger partial charge in [0.15, 0.2) is 4.34 Å². The lowest BCUT2D eigenvalue weighted by Gasteiger charge is -2.09. The predicted molar refractivity (Wildman–Crippen MR) is 107 cm³/mol. The molecule has 0 atom stereocenters. The van der Waals surface area contributed by atoms with Crippen molar-refractivity contribution in [2.45, 2.75) is 4.34 Å². The number of thiazole rings is 1. The molecule has 0 bridgehead atoms. The molecule has 1 aromatic heterocycles. The van der Waals surface area contributed by atoms with Crippen molar-refractivity contribution in [1.82, 2.24) is 4.98 Å². The standard InChI is InChI=1S/C18H14FN3O4S2/c1-26-16-8-13(22(24)25)6-7-14(16)20-17(23)10-28-18-21-15(9-27-18)11-2-4-12(19)5-3-11/h2-9H,10H2,1H3,(H,20,23). The van der Waals surface area contributed by atoms with Gasteiger partial charge in [0.25, 0.3) is 5.69 Å². The van der Waals surface area contributed by atoms with Gasteiger partial charge >= 0.3 is 0 Å². The molecule has 3 aromatic rings. The predicted octanol–water partition coefficient (Wildman–Crippen LogP) is 4.60. The average Bonchev–Trinajstić information content (AvgIpc) is 3.16. The molecule has 0 saturated carbocycles. The Morgan fingerprint density at radius 3 is 2.75 bits per heavy atom. The van der Waals surface area contributed by atoms with Crippen molar-refractivity contribution < 1.29 is 18.8 Å². The Hall–Kier alpha value is -2.98. The minimum absolute atomic E-state index is 0.108. The van der Waals surface area contributed by atoms with Crippen molar-refractivity contribution in [2.75, 3.05) is 18.2 Å². The Morgan fingerprint density at radius 2 is 2.07 bits per heavy atom. The highest BCUT2D eigenvalue weighted by Crippen LogP contribution is 2.31. The molecule has 2 aromatic carbocycles. The third-order valence-corrected chi connectivity index (χ3v) is 5.64. The summed E-state index contributed by atoms with van der Waals surface area (Å²) in [7, 11) is 1.37. The highest BCUT2D eigenvalue weighted by Gasteiger charge is 2.14. The Balaban J connectivity index is 1.60. The maximum Gasteiger partial charge on any atom is 0.273 e. The number of thioether (sulfide) groups is 1. The van der Waals surface area contributed by atoms with Gasteiger partial charge in [0.1, 0.15) is 11.6 Å². The molecule has 0 unspecified atom stereocenters. The van der Waals surface area contributed by atoms with Crippen LogP contribution in [0.5, 0.6) is 5.75 Å². The van der Waals surface area contributed by atoms with E-state index < -0.39 is 4.92 Å². The molecule has 10 heteroatoms. The molecule has 3 rings (SSSR count). The van der Waals surface area contributed by atoms with Crippen LogP contribution in [0.4, 0.5) is 15.8 Å². The quantitative estimate of drug-likeness (QED) is 0.342. The van der Waals surface area contributed by atoms with Crippen molar-refractivity contribution >= 4 is 40.4 Å². The molecule has 144 valence electrons. The monoisotopic (exact) mass is 419 g/mol. The maximum atomic E-state index is 13.0. The van der Waals surface area contributed by atoms with E-state index in [1.807, 2.05) is 5.38 Å². The number of nitrogens with zero attached hydrogens (tertiary/aromatic N) is 2. The van der Waals surface area contributed by atoms with Gasteiger partial charge in [-0.3, -0.25) is 14.9 Å². The van der Waals surface area contributed by atoms with Crippen LogP contribution in [0.15, 0.2) is 52.2 Å². The van der Waals surface area contributed by atoms with E-state index in [2.05, 4.69) is 10.3 Å². The molecule has 7 nitrogen and oxygen atoms in total. The van der Waals surface area contributed by atoms with Crippen molar-refractivity contribution in [3.8, 4) is 17.0 Å². The van der Waals surface area contributed by atoms with Crippen LogP contribution in [0.2, 0.25) is 0 Å². The van der Waals surface area contributed by atoms with Gasteiger partial charge in [-0.1, -0.05) is 11.8 Å². The summed E-state index contributed by atoms with van der Waals surface area (Å²) >= 11 is 2.65. The highest BCUT2D eigenvalue weighted by molar-refractivity contribution is 8.01. The van der Waals surface area contributed by atoms with Gasteiger partial charge in [-0.2, -0.15) is 0 Å². The number of carbonyl (C=O) groups is 1. The molecule has 0 spiro atoms. The Bertz CT molecular complexity index is 1010. The summed E-state index contributed by atoms with van der Waals surface area (Å²) in [6.45, 7) is 0. The van der Waals surface area contributed by atoms with E-state index in [4.69, 9.17) is 4.74 Å². The lowest BCUT2D eigenvalue weighted by Crippen LogP contribution is -2.14. The lowest BCUT2D eigenvalue weighted by molar-refractivity contribution is -0.384. The third-order valence-electron chi connectivity index (χ3n) is 3.62. The van der Waals surface area contributed by atoms with E-state index in [-0.39, 0.29) is 28.9 Å². The number of hydrogen-bond donors (Lipinski definition) is 1. The average molecular weight is 419 g/mol. The van der Waals surface area contributed by atoms with E-state index in [0.717, 1.165) is 5.56 Å². The van der Waals surface area contributed by atoms with Crippen molar-refractivity contribution in [1.29, 1.82) is 0 Å². The number of rotatable bonds is 7. The highest BCUT2D eigenvalue weighted by atomic mass is 32.2. The van der Waals surface area contributed by atoms with Gasteiger partial charge in [0, 0.05) is 17.0 Å². The summed E-state index contributed by atoms with van der Waals surface area (Å²) < 4.78 is 18.8. The topological polar surface area (TPSA) is 94.4 Å². The third kappa shape index (κ3) is 4.84. The summed E-state index contributed by atoms with van der Waals surface area (Å²) in [5, 5.41) is 15.3. The zero-order valence-electron chi connectivity index (χ0n) is 14.5. The number of halogens is 1. The van der Waals surface area contributed by atoms with Crippen LogP contribution in [0.1, 0.15) is 0 Å². The number of nitro benzene ring substituents is 1. The van der Waals surface area contributed by atoms with E-state index in [0.29, 0.717) is 15.7 Å². The first-order chi connectivity index (χ1) is 13.5. The molecule has 28 heavy (non-hydrogen) atoms. The van der Waals surface area contributed by atoms with Gasteiger partial charge < -0.3 is 10.1 Å². The van der Waals surface area contributed by atoms with Crippen molar-refractivity contribution in [3.63, 3.8) is 0 Å². The fourth-order valence-electron chi connectivity index (χ4n) is 2.29. The zero-order valence-corrected chi connectivity index (χ0v) is 16.2. The van der Waals surface area contributed by atoms with Gasteiger partial charge in [0.2, 0.25) is 5.91 Å². The van der Waals surface area contributed by atoms with Gasteiger partial charge in [-0.25, -0.2) is 9.37 Å². The molecule has 1 heterocycles. The van der Waals surface area contributed by atoms with Crippen LogP contribution < -0.4 is 10.1 Å². The van der Waals surface area contributed by atoms with Gasteiger partial charge in [0.05, 0.1) is 35.2 Å². The normalized spacial score (nSPS) is 10.5. The number of carbonyl (C=O) groups excluding carboxylic acids is 1. The first-order valence-electron chi connectivity index (χ1n) is 7.93. The zero-order chi connectivity index (χ0) is 20.1. The molecule has 0 aliphatic heterocycles. The number of ether oxygens (including phenoxy) is 1. The minimum atomic E-state index is -0.537. The summed E-state index contributed by atoms with van der Waals surface area (Å²) in [6, 6.07) is 9.99. The SMILES string of the molecule is COc1cc([N+](=O)[O-])ccc1NC(=O)CSc1nc(-c2ccc(F)cc2)cs1. The molecule has 0 aliphatic rings. The molecular weight excluding hydrogens is 405 g/mol. The van der Waals surface area contributed by atoms with Crippen molar-refractivity contribution in [3.05, 3.63) is 63.8 Å². The summed E-state index contributed by atoms with van der Waals surface area (Å²) in [6.07, 6.45) is 0. The van der Waals surface area contributed by atoms with E-state index >= 15 is 0 Å². The molecule has 1 N–H and O–H groups in total. The first kappa shape index (κ1) is 19.8. The lowest BCUT2D eigenvalue weighted by atomic mass is 10.2. The Labute approximate surface area is 167 Å². The molecule has 1 amide bonds.